The number of nitrogens with zero attached hydrogens (tertiary/aromatic N) is 1. The molecule has 0 radical (unpaired) electrons. The maximum Gasteiger partial charge on any atom is 0.218 e. The van der Waals surface area contributed by atoms with Crippen molar-refractivity contribution in [2.24, 2.45) is 0 Å². The van der Waals surface area contributed by atoms with Crippen LogP contribution in [0.15, 0.2) is 18.2 Å². The summed E-state index contributed by atoms with van der Waals surface area (Å²) < 4.78 is 74.8. The summed E-state index contributed by atoms with van der Waals surface area (Å²) in [7, 11) is -7.21. The maximum atomic E-state index is 13.5. The summed E-state index contributed by atoms with van der Waals surface area (Å²) in [6, 6.07) is 2.60. The van der Waals surface area contributed by atoms with Gasteiger partial charge in [-0.3, -0.25) is 0 Å². The molecule has 1 aromatic carbocycles. The van der Waals surface area contributed by atoms with Gasteiger partial charge in [-0.05, 0) is 24.6 Å². The van der Waals surface area contributed by atoms with Crippen LogP contribution in [0.4, 0.5) is 8.78 Å². The summed E-state index contributed by atoms with van der Waals surface area (Å²) >= 11 is 0. The Balaban J connectivity index is 2.18. The van der Waals surface area contributed by atoms with Crippen LogP contribution in [0.2, 0.25) is 0 Å². The lowest BCUT2D eigenvalue weighted by atomic mass is 10.2. The highest BCUT2D eigenvalue weighted by atomic mass is 32.2. The quantitative estimate of drug-likeness (QED) is 0.818. The van der Waals surface area contributed by atoms with Gasteiger partial charge >= 0.3 is 0 Å². The standard InChI is InChI=1S/C12H15F2NO4S2/c1-20(16,17)11-4-5-15(7-11)21(18,19)8-9-6-10(13)2-3-12(9)14/h2-3,6,11H,4-5,7-8H2,1H3/t11-/m0/s1. The molecule has 0 unspecified atom stereocenters. The second-order valence-corrected chi connectivity index (χ2v) is 9.38. The zero-order valence-electron chi connectivity index (χ0n) is 11.3. The van der Waals surface area contributed by atoms with E-state index in [-0.39, 0.29) is 25.1 Å². The zero-order valence-corrected chi connectivity index (χ0v) is 12.9. The van der Waals surface area contributed by atoms with Gasteiger partial charge in [0.2, 0.25) is 10.0 Å². The van der Waals surface area contributed by atoms with Gasteiger partial charge in [0.05, 0.1) is 11.0 Å². The van der Waals surface area contributed by atoms with Crippen LogP contribution in [-0.4, -0.2) is 45.7 Å². The fourth-order valence-electron chi connectivity index (χ4n) is 2.24. The Labute approximate surface area is 122 Å². The number of hydrogen-bond acceptors (Lipinski definition) is 4. The smallest absolute Gasteiger partial charge is 0.218 e. The molecular formula is C12H15F2NO4S2. The first-order chi connectivity index (χ1) is 9.59. The molecule has 1 fully saturated rings. The van der Waals surface area contributed by atoms with Crippen LogP contribution in [0.25, 0.3) is 0 Å². The molecule has 1 saturated heterocycles. The predicted octanol–water partition coefficient (Wildman–Crippen LogP) is 0.914. The summed E-state index contributed by atoms with van der Waals surface area (Å²) in [6.07, 6.45) is 1.27. The van der Waals surface area contributed by atoms with Crippen molar-refractivity contribution in [3.8, 4) is 0 Å². The Morgan fingerprint density at radius 1 is 1.24 bits per heavy atom. The molecule has 0 aromatic heterocycles. The fourth-order valence-corrected chi connectivity index (χ4v) is 4.91. The minimum absolute atomic E-state index is 0.0665. The van der Waals surface area contributed by atoms with Crippen molar-refractivity contribution in [2.45, 2.75) is 17.4 Å². The second-order valence-electron chi connectivity index (χ2n) is 5.09. The Kier molecular flexibility index (Phi) is 4.36. The Morgan fingerprint density at radius 2 is 1.90 bits per heavy atom. The van der Waals surface area contributed by atoms with Crippen molar-refractivity contribution < 1.29 is 25.6 Å². The number of sulfone groups is 1. The molecule has 9 heteroatoms. The lowest BCUT2D eigenvalue weighted by molar-refractivity contribution is 0.474. The second kappa shape index (κ2) is 5.62. The molecule has 0 bridgehead atoms. The van der Waals surface area contributed by atoms with Gasteiger partial charge in [-0.15, -0.1) is 0 Å². The summed E-state index contributed by atoms with van der Waals surface area (Å²) in [5.41, 5.74) is -0.266. The van der Waals surface area contributed by atoms with E-state index in [1.165, 1.54) is 0 Å². The van der Waals surface area contributed by atoms with Gasteiger partial charge in [-0.25, -0.2) is 29.9 Å². The molecule has 1 atom stereocenters. The van der Waals surface area contributed by atoms with Crippen molar-refractivity contribution in [1.29, 1.82) is 0 Å². The highest BCUT2D eigenvalue weighted by molar-refractivity contribution is 7.91. The third-order valence-corrected chi connectivity index (χ3v) is 6.84. The van der Waals surface area contributed by atoms with Crippen LogP contribution in [0.1, 0.15) is 12.0 Å². The molecule has 1 aromatic rings. The SMILES string of the molecule is CS(=O)(=O)[C@H]1CCN(S(=O)(=O)Cc2cc(F)ccc2F)C1. The zero-order chi connectivity index (χ0) is 15.8. The van der Waals surface area contributed by atoms with Crippen molar-refractivity contribution in [3.05, 3.63) is 35.4 Å². The number of hydrogen-bond donors (Lipinski definition) is 0. The number of benzene rings is 1. The normalized spacial score (nSPS) is 20.8. The Hall–Kier alpha value is -1.06. The van der Waals surface area contributed by atoms with E-state index in [0.717, 1.165) is 28.8 Å². The van der Waals surface area contributed by atoms with Gasteiger partial charge < -0.3 is 0 Å². The van der Waals surface area contributed by atoms with E-state index in [1.54, 1.807) is 0 Å². The van der Waals surface area contributed by atoms with Crippen LogP contribution in [0.5, 0.6) is 0 Å². The molecular weight excluding hydrogens is 324 g/mol. The third-order valence-electron chi connectivity index (χ3n) is 3.45. The van der Waals surface area contributed by atoms with Crippen LogP contribution in [-0.2, 0) is 25.6 Å². The minimum atomic E-state index is -3.88. The summed E-state index contributed by atoms with van der Waals surface area (Å²) in [6.45, 7) is -0.0743. The molecule has 0 saturated carbocycles. The Bertz CT molecular complexity index is 747. The van der Waals surface area contributed by atoms with E-state index in [9.17, 15) is 25.6 Å². The summed E-state index contributed by atoms with van der Waals surface area (Å²) in [5.74, 6) is -2.22. The van der Waals surface area contributed by atoms with Gasteiger partial charge in [0.25, 0.3) is 0 Å². The van der Waals surface area contributed by atoms with Crippen LogP contribution < -0.4 is 0 Å². The van der Waals surface area contributed by atoms with Crippen molar-refractivity contribution in [1.82, 2.24) is 4.31 Å². The predicted molar refractivity (Wildman–Crippen MR) is 73.8 cm³/mol. The van der Waals surface area contributed by atoms with E-state index < -0.39 is 42.5 Å². The van der Waals surface area contributed by atoms with Crippen molar-refractivity contribution in [3.63, 3.8) is 0 Å². The maximum absolute atomic E-state index is 13.5. The van der Waals surface area contributed by atoms with Crippen molar-refractivity contribution >= 4 is 19.9 Å². The lowest BCUT2D eigenvalue weighted by Crippen LogP contribution is -2.32. The average molecular weight is 339 g/mol. The van der Waals surface area contributed by atoms with Gasteiger partial charge in [-0.2, -0.15) is 0 Å². The van der Waals surface area contributed by atoms with Gasteiger partial charge in [0.1, 0.15) is 11.6 Å². The third kappa shape index (κ3) is 3.78. The molecule has 1 aliphatic rings. The molecule has 0 aliphatic carbocycles. The molecule has 0 N–H and O–H groups in total. The molecule has 0 amide bonds. The van der Waals surface area contributed by atoms with Crippen LogP contribution in [0, 0.1) is 11.6 Å². The molecule has 1 aliphatic heterocycles. The number of sulfonamides is 1. The molecule has 0 spiro atoms. The first kappa shape index (κ1) is 16.3. The molecule has 5 nitrogen and oxygen atoms in total. The fraction of sp³-hybridized carbons (Fsp3) is 0.500. The van der Waals surface area contributed by atoms with E-state index in [4.69, 9.17) is 0 Å². The van der Waals surface area contributed by atoms with Gasteiger partial charge in [0.15, 0.2) is 9.84 Å². The Morgan fingerprint density at radius 3 is 2.48 bits per heavy atom. The monoisotopic (exact) mass is 339 g/mol. The highest BCUT2D eigenvalue weighted by Gasteiger charge is 2.36. The average Bonchev–Trinajstić information content (AvgIpc) is 2.83. The molecule has 2 rings (SSSR count). The van der Waals surface area contributed by atoms with Gasteiger partial charge in [0, 0.05) is 24.9 Å². The van der Waals surface area contributed by atoms with E-state index in [1.807, 2.05) is 0 Å². The molecule has 21 heavy (non-hydrogen) atoms. The first-order valence-corrected chi connectivity index (χ1v) is 9.76. The van der Waals surface area contributed by atoms with E-state index in [2.05, 4.69) is 0 Å². The molecule has 1 heterocycles. The van der Waals surface area contributed by atoms with E-state index in [0.29, 0.717) is 0 Å². The minimum Gasteiger partial charge on any atom is -0.229 e. The number of rotatable bonds is 4. The highest BCUT2D eigenvalue weighted by Crippen LogP contribution is 2.22. The summed E-state index contributed by atoms with van der Waals surface area (Å²) in [4.78, 5) is 0. The van der Waals surface area contributed by atoms with Crippen LogP contribution >= 0.6 is 0 Å². The topological polar surface area (TPSA) is 71.5 Å². The van der Waals surface area contributed by atoms with Gasteiger partial charge in [-0.1, -0.05) is 0 Å². The molecule has 118 valence electrons. The first-order valence-electron chi connectivity index (χ1n) is 6.20. The lowest BCUT2D eigenvalue weighted by Gasteiger charge is -2.16. The van der Waals surface area contributed by atoms with Crippen molar-refractivity contribution in [2.75, 3.05) is 19.3 Å². The van der Waals surface area contributed by atoms with E-state index >= 15 is 0 Å². The number of halogens is 2. The largest absolute Gasteiger partial charge is 0.229 e. The summed E-state index contributed by atoms with van der Waals surface area (Å²) in [5, 5.41) is -0.746. The van der Waals surface area contributed by atoms with Crippen LogP contribution in [0.3, 0.4) is 0 Å².